The molecule has 0 bridgehead atoms. The van der Waals surface area contributed by atoms with E-state index in [-0.39, 0.29) is 6.61 Å². The zero-order valence-corrected chi connectivity index (χ0v) is 10.1. The minimum atomic E-state index is -4.28. The summed E-state index contributed by atoms with van der Waals surface area (Å²) in [7, 11) is 0. The number of aromatic nitrogens is 2. The third-order valence-corrected chi connectivity index (χ3v) is 2.68. The molecule has 0 unspecified atom stereocenters. The van der Waals surface area contributed by atoms with Crippen LogP contribution in [0, 0.1) is 0 Å². The fraction of sp³-hybridized carbons (Fsp3) is 0.308. The molecule has 1 aromatic carbocycles. The number of aliphatic hydroxyl groups excluding tert-OH is 1. The van der Waals surface area contributed by atoms with Crippen LogP contribution in [0.5, 0.6) is 0 Å². The number of hydrogen-bond acceptors (Lipinski definition) is 2. The Bertz CT molecular complexity index is 549. The predicted octanol–water partition coefficient (Wildman–Crippen LogP) is 2.65. The van der Waals surface area contributed by atoms with Crippen LogP contribution in [0.2, 0.25) is 0 Å². The van der Waals surface area contributed by atoms with Crippen LogP contribution in [0.25, 0.3) is 11.1 Å². The lowest BCUT2D eigenvalue weighted by Crippen LogP contribution is -2.17. The summed E-state index contributed by atoms with van der Waals surface area (Å²) in [6.45, 7) is -1.11. The molecule has 0 fully saturated rings. The van der Waals surface area contributed by atoms with Crippen LogP contribution < -0.4 is 0 Å². The molecule has 19 heavy (non-hydrogen) atoms. The van der Waals surface area contributed by atoms with Gasteiger partial charge in [0.25, 0.3) is 0 Å². The van der Waals surface area contributed by atoms with Crippen LogP contribution in [0.1, 0.15) is 5.56 Å². The summed E-state index contributed by atoms with van der Waals surface area (Å²) in [5.41, 5.74) is 2.30. The zero-order valence-electron chi connectivity index (χ0n) is 10.1. The van der Waals surface area contributed by atoms with E-state index in [1.54, 1.807) is 12.1 Å². The van der Waals surface area contributed by atoms with E-state index in [2.05, 4.69) is 5.10 Å². The highest BCUT2D eigenvalue weighted by atomic mass is 19.4. The smallest absolute Gasteiger partial charge is 0.396 e. The molecule has 2 aromatic rings. The molecule has 0 radical (unpaired) electrons. The van der Waals surface area contributed by atoms with Gasteiger partial charge in [-0.05, 0) is 17.5 Å². The van der Waals surface area contributed by atoms with Gasteiger partial charge in [0.2, 0.25) is 0 Å². The van der Waals surface area contributed by atoms with Crippen molar-refractivity contribution >= 4 is 0 Å². The van der Waals surface area contributed by atoms with Crippen LogP contribution >= 0.6 is 0 Å². The monoisotopic (exact) mass is 270 g/mol. The minimum Gasteiger partial charge on any atom is -0.396 e. The highest BCUT2D eigenvalue weighted by Gasteiger charge is 2.28. The molecular formula is C13H13F3N2O. The van der Waals surface area contributed by atoms with Crippen LogP contribution in [-0.4, -0.2) is 27.7 Å². The largest absolute Gasteiger partial charge is 0.408 e. The number of rotatable bonds is 4. The van der Waals surface area contributed by atoms with Gasteiger partial charge in [-0.25, -0.2) is 0 Å². The first-order chi connectivity index (χ1) is 8.99. The number of alkyl halides is 3. The molecule has 2 rings (SSSR count). The van der Waals surface area contributed by atoms with Crippen molar-refractivity contribution < 1.29 is 18.3 Å². The first-order valence-electron chi connectivity index (χ1n) is 5.78. The molecule has 0 spiro atoms. The maximum Gasteiger partial charge on any atom is 0.408 e. The Morgan fingerprint density at radius 2 is 1.95 bits per heavy atom. The summed E-state index contributed by atoms with van der Waals surface area (Å²) in [6.07, 6.45) is -1.06. The average Bonchev–Trinajstić information content (AvgIpc) is 2.76. The van der Waals surface area contributed by atoms with Gasteiger partial charge in [0, 0.05) is 18.4 Å². The summed E-state index contributed by atoms with van der Waals surface area (Å²) in [5.74, 6) is 0. The van der Waals surface area contributed by atoms with E-state index in [4.69, 9.17) is 5.11 Å². The number of benzene rings is 1. The van der Waals surface area contributed by atoms with Crippen molar-refractivity contribution in [2.45, 2.75) is 19.1 Å². The molecule has 1 aromatic heterocycles. The van der Waals surface area contributed by atoms with Gasteiger partial charge in [-0.15, -0.1) is 0 Å². The fourth-order valence-corrected chi connectivity index (χ4v) is 1.91. The van der Waals surface area contributed by atoms with Crippen LogP contribution in [-0.2, 0) is 13.0 Å². The maximum atomic E-state index is 12.3. The molecule has 0 amide bonds. The van der Waals surface area contributed by atoms with Crippen LogP contribution in [0.3, 0.4) is 0 Å². The van der Waals surface area contributed by atoms with Crippen molar-refractivity contribution in [1.82, 2.24) is 9.78 Å². The van der Waals surface area contributed by atoms with Crippen LogP contribution in [0.4, 0.5) is 13.2 Å². The summed E-state index contributed by atoms with van der Waals surface area (Å²) in [4.78, 5) is 0. The van der Waals surface area contributed by atoms with Gasteiger partial charge in [-0.2, -0.15) is 18.3 Å². The Hall–Kier alpha value is -1.82. The molecule has 0 aliphatic carbocycles. The lowest BCUT2D eigenvalue weighted by atomic mass is 10.0. The quantitative estimate of drug-likeness (QED) is 0.927. The third-order valence-electron chi connectivity index (χ3n) is 2.68. The molecular weight excluding hydrogens is 257 g/mol. The fourth-order valence-electron chi connectivity index (χ4n) is 1.91. The number of halogens is 3. The topological polar surface area (TPSA) is 38.1 Å². The standard InChI is InChI=1S/C13H13F3N2O/c14-13(15,16)9-18-8-11(7-17-18)12-4-2-1-3-10(12)5-6-19/h1-4,7-8,19H,5-6,9H2. The zero-order chi connectivity index (χ0) is 13.9. The Balaban J connectivity index is 2.28. The molecule has 1 N–H and O–H groups in total. The molecule has 0 aliphatic rings. The van der Waals surface area contributed by atoms with E-state index >= 15 is 0 Å². The Kier molecular flexibility index (Phi) is 3.90. The van der Waals surface area contributed by atoms with Crippen molar-refractivity contribution in [2.24, 2.45) is 0 Å². The molecule has 0 saturated heterocycles. The van der Waals surface area contributed by atoms with E-state index in [0.717, 1.165) is 15.8 Å². The van der Waals surface area contributed by atoms with Crippen molar-refractivity contribution in [1.29, 1.82) is 0 Å². The average molecular weight is 270 g/mol. The second-order valence-corrected chi connectivity index (χ2v) is 4.17. The van der Waals surface area contributed by atoms with E-state index in [1.807, 2.05) is 12.1 Å². The molecule has 3 nitrogen and oxygen atoms in total. The molecule has 0 saturated carbocycles. The second-order valence-electron chi connectivity index (χ2n) is 4.17. The first-order valence-corrected chi connectivity index (χ1v) is 5.78. The van der Waals surface area contributed by atoms with Crippen molar-refractivity contribution in [3.63, 3.8) is 0 Å². The number of hydrogen-bond donors (Lipinski definition) is 1. The van der Waals surface area contributed by atoms with Gasteiger partial charge in [0.15, 0.2) is 0 Å². The third kappa shape index (κ3) is 3.57. The Morgan fingerprint density at radius 1 is 1.21 bits per heavy atom. The summed E-state index contributed by atoms with van der Waals surface area (Å²) >= 11 is 0. The van der Waals surface area contributed by atoms with E-state index < -0.39 is 12.7 Å². The molecule has 102 valence electrons. The summed E-state index contributed by atoms with van der Waals surface area (Å²) in [6, 6.07) is 7.28. The summed E-state index contributed by atoms with van der Waals surface area (Å²) < 4.78 is 37.6. The highest BCUT2D eigenvalue weighted by Crippen LogP contribution is 2.25. The molecule has 1 heterocycles. The molecule has 0 aliphatic heterocycles. The van der Waals surface area contributed by atoms with Crippen LogP contribution in [0.15, 0.2) is 36.7 Å². The van der Waals surface area contributed by atoms with E-state index in [9.17, 15) is 13.2 Å². The number of nitrogens with zero attached hydrogens (tertiary/aromatic N) is 2. The molecule has 0 atom stereocenters. The Labute approximate surface area is 108 Å². The Morgan fingerprint density at radius 3 is 2.63 bits per heavy atom. The first kappa shape index (κ1) is 13.6. The van der Waals surface area contributed by atoms with Crippen molar-refractivity contribution in [3.8, 4) is 11.1 Å². The van der Waals surface area contributed by atoms with E-state index in [1.165, 1.54) is 12.4 Å². The van der Waals surface area contributed by atoms with Gasteiger partial charge >= 0.3 is 6.18 Å². The van der Waals surface area contributed by atoms with Crippen molar-refractivity contribution in [2.75, 3.05) is 6.61 Å². The second kappa shape index (κ2) is 5.44. The van der Waals surface area contributed by atoms with Gasteiger partial charge in [0.1, 0.15) is 6.54 Å². The SMILES string of the molecule is OCCc1ccccc1-c1cnn(CC(F)(F)F)c1. The summed E-state index contributed by atoms with van der Waals surface area (Å²) in [5, 5.41) is 12.7. The predicted molar refractivity (Wildman–Crippen MR) is 64.5 cm³/mol. The lowest BCUT2D eigenvalue weighted by Gasteiger charge is -2.07. The van der Waals surface area contributed by atoms with Gasteiger partial charge < -0.3 is 5.11 Å². The maximum absolute atomic E-state index is 12.3. The molecule has 6 heteroatoms. The number of aliphatic hydroxyl groups is 1. The lowest BCUT2D eigenvalue weighted by molar-refractivity contribution is -0.142. The van der Waals surface area contributed by atoms with Crippen molar-refractivity contribution in [3.05, 3.63) is 42.2 Å². The van der Waals surface area contributed by atoms with Gasteiger partial charge in [-0.3, -0.25) is 4.68 Å². The van der Waals surface area contributed by atoms with Gasteiger partial charge in [-0.1, -0.05) is 24.3 Å². The minimum absolute atomic E-state index is 0.00625. The van der Waals surface area contributed by atoms with Gasteiger partial charge in [0.05, 0.1) is 6.20 Å². The normalized spacial score (nSPS) is 11.8. The van der Waals surface area contributed by atoms with E-state index in [0.29, 0.717) is 12.0 Å². The highest BCUT2D eigenvalue weighted by molar-refractivity contribution is 5.65.